The summed E-state index contributed by atoms with van der Waals surface area (Å²) in [5, 5.41) is 7.70. The lowest BCUT2D eigenvalue weighted by Crippen LogP contribution is -2.04. The van der Waals surface area contributed by atoms with E-state index in [-0.39, 0.29) is 25.2 Å². The summed E-state index contributed by atoms with van der Waals surface area (Å²) in [6.07, 6.45) is 10.4. The maximum atomic E-state index is 10.8. The van der Waals surface area contributed by atoms with Crippen LogP contribution in [0.2, 0.25) is 0 Å². The largest absolute Gasteiger partial charge is 0.465 e. The molecule has 140 valence electrons. The average molecular weight is 361 g/mol. The summed E-state index contributed by atoms with van der Waals surface area (Å²) in [5.41, 5.74) is 0. The Hall–Kier alpha value is -1.65. The topological polar surface area (TPSA) is 63.6 Å². The predicted molar refractivity (Wildman–Crippen MR) is 104 cm³/mol. The number of rotatable bonds is 11. The minimum atomic E-state index is -0.292. The standard InChI is InChI=1S/C9H14O2.C5H7ClO.C4H8O.CH4/c1-3-5-7-9(10)11-8-6-4-2;1-2-3-4-5(6)7;1-2-3-4-5;/h3-4H,1-2,5-8H2;2H,1,3-4H2;2,5H,1,3-4H2;1H4. The van der Waals surface area contributed by atoms with Gasteiger partial charge in [-0.2, -0.15) is 0 Å². The number of carbonyl (C=O) groups is 2. The Balaban J connectivity index is -0.000000133. The minimum absolute atomic E-state index is 0. The lowest BCUT2D eigenvalue weighted by molar-refractivity contribution is -0.143. The van der Waals surface area contributed by atoms with Crippen molar-refractivity contribution in [1.29, 1.82) is 0 Å². The van der Waals surface area contributed by atoms with Crippen LogP contribution < -0.4 is 0 Å². The molecule has 0 aliphatic heterocycles. The van der Waals surface area contributed by atoms with Crippen LogP contribution in [0.3, 0.4) is 0 Å². The highest BCUT2D eigenvalue weighted by Gasteiger charge is 1.98. The second-order valence-electron chi connectivity index (χ2n) is 4.11. The zero-order chi connectivity index (χ0) is 18.3. The maximum Gasteiger partial charge on any atom is 0.306 e. The number of hydrogen-bond acceptors (Lipinski definition) is 4. The van der Waals surface area contributed by atoms with Gasteiger partial charge in [-0.05, 0) is 37.3 Å². The van der Waals surface area contributed by atoms with Crippen LogP contribution in [0.15, 0.2) is 50.6 Å². The first-order chi connectivity index (χ1) is 11.0. The number of esters is 1. The monoisotopic (exact) mass is 360 g/mol. The highest BCUT2D eigenvalue weighted by molar-refractivity contribution is 6.63. The van der Waals surface area contributed by atoms with Crippen LogP contribution in [-0.2, 0) is 14.3 Å². The summed E-state index contributed by atoms with van der Waals surface area (Å²) >= 11 is 4.97. The van der Waals surface area contributed by atoms with Crippen molar-refractivity contribution in [1.82, 2.24) is 0 Å². The molecular weight excluding hydrogens is 328 g/mol. The van der Waals surface area contributed by atoms with E-state index in [1.54, 1.807) is 24.3 Å². The van der Waals surface area contributed by atoms with Gasteiger partial charge in [0.1, 0.15) is 0 Å². The van der Waals surface area contributed by atoms with Gasteiger partial charge in [0.25, 0.3) is 0 Å². The lowest BCUT2D eigenvalue weighted by Gasteiger charge is -1.99. The molecule has 0 rings (SSSR count). The van der Waals surface area contributed by atoms with Crippen molar-refractivity contribution in [3.63, 3.8) is 0 Å². The van der Waals surface area contributed by atoms with Crippen LogP contribution in [0.5, 0.6) is 0 Å². The molecule has 0 fully saturated rings. The third kappa shape index (κ3) is 42.8. The summed E-state index contributed by atoms with van der Waals surface area (Å²) in [6, 6.07) is 0. The molecule has 5 heteroatoms. The average Bonchev–Trinajstić information content (AvgIpc) is 2.53. The summed E-state index contributed by atoms with van der Waals surface area (Å²) in [4.78, 5) is 20.7. The van der Waals surface area contributed by atoms with Crippen molar-refractivity contribution in [3.8, 4) is 0 Å². The van der Waals surface area contributed by atoms with E-state index < -0.39 is 0 Å². The van der Waals surface area contributed by atoms with Crippen LogP contribution >= 0.6 is 11.6 Å². The Labute approximate surface area is 152 Å². The molecule has 0 saturated carbocycles. The van der Waals surface area contributed by atoms with Crippen LogP contribution in [0, 0.1) is 0 Å². The maximum absolute atomic E-state index is 10.8. The van der Waals surface area contributed by atoms with Gasteiger partial charge in [-0.15, -0.1) is 26.3 Å². The normalized spacial score (nSPS) is 7.92. The highest BCUT2D eigenvalue weighted by atomic mass is 35.5. The molecule has 0 heterocycles. The van der Waals surface area contributed by atoms with Crippen molar-refractivity contribution >= 4 is 22.8 Å². The second kappa shape index (κ2) is 29.4. The van der Waals surface area contributed by atoms with E-state index in [0.29, 0.717) is 38.7 Å². The summed E-state index contributed by atoms with van der Waals surface area (Å²) < 4.78 is 4.83. The van der Waals surface area contributed by atoms with E-state index in [2.05, 4.69) is 26.3 Å². The number of halogens is 1. The molecule has 4 nitrogen and oxygen atoms in total. The molecule has 0 bridgehead atoms. The lowest BCUT2D eigenvalue weighted by atomic mass is 10.3. The van der Waals surface area contributed by atoms with Gasteiger partial charge in [0.15, 0.2) is 0 Å². The third-order valence-corrected chi connectivity index (χ3v) is 2.20. The zero-order valence-corrected chi connectivity index (χ0v) is 14.6. The molecule has 0 aromatic heterocycles. The molecule has 0 spiro atoms. The molecule has 24 heavy (non-hydrogen) atoms. The van der Waals surface area contributed by atoms with Gasteiger partial charge in [0, 0.05) is 19.4 Å². The van der Waals surface area contributed by atoms with Crippen LogP contribution in [-0.4, -0.2) is 29.5 Å². The van der Waals surface area contributed by atoms with E-state index in [1.807, 2.05) is 0 Å². The molecule has 0 saturated heterocycles. The number of allylic oxidation sites excluding steroid dienone is 2. The number of ether oxygens (including phenoxy) is 1. The summed E-state index contributed by atoms with van der Waals surface area (Å²) in [6.45, 7) is 14.5. The van der Waals surface area contributed by atoms with E-state index in [9.17, 15) is 9.59 Å². The van der Waals surface area contributed by atoms with Gasteiger partial charge in [-0.1, -0.05) is 31.7 Å². The third-order valence-electron chi connectivity index (χ3n) is 2.02. The van der Waals surface area contributed by atoms with Gasteiger partial charge in [0.2, 0.25) is 5.24 Å². The smallest absolute Gasteiger partial charge is 0.306 e. The number of aliphatic hydroxyl groups is 1. The Kier molecular flexibility index (Phi) is 37.0. The van der Waals surface area contributed by atoms with Gasteiger partial charge in [-0.25, -0.2) is 0 Å². The SMILES string of the molecule is C.C=CCCC(=O)Cl.C=CCCO.C=CCCOC(=O)CCC=C. The molecule has 0 aliphatic rings. The van der Waals surface area contributed by atoms with Crippen LogP contribution in [0.4, 0.5) is 0 Å². The molecule has 1 N–H and O–H groups in total. The molecule has 0 unspecified atom stereocenters. The fourth-order valence-corrected chi connectivity index (χ4v) is 0.964. The van der Waals surface area contributed by atoms with Crippen LogP contribution in [0.25, 0.3) is 0 Å². The Morgan fingerprint density at radius 1 is 0.875 bits per heavy atom. The molecule has 0 aromatic carbocycles. The van der Waals surface area contributed by atoms with Crippen molar-refractivity contribution in [2.45, 2.75) is 46.0 Å². The molecule has 0 aromatic rings. The quantitative estimate of drug-likeness (QED) is 0.244. The van der Waals surface area contributed by atoms with Crippen LogP contribution in [0.1, 0.15) is 46.0 Å². The predicted octanol–water partition coefficient (Wildman–Crippen LogP) is 4.98. The molecule has 0 amide bonds. The first-order valence-corrected chi connectivity index (χ1v) is 7.76. The van der Waals surface area contributed by atoms with Gasteiger partial charge >= 0.3 is 5.97 Å². The fraction of sp³-hybridized carbons (Fsp3) is 0.474. The number of hydrogen-bond donors (Lipinski definition) is 1. The van der Waals surface area contributed by atoms with E-state index in [1.165, 1.54) is 0 Å². The highest BCUT2D eigenvalue weighted by Crippen LogP contribution is 1.94. The summed E-state index contributed by atoms with van der Waals surface area (Å²) in [5.74, 6) is -0.160. The zero-order valence-electron chi connectivity index (χ0n) is 13.8. The molecule has 0 radical (unpaired) electrons. The second-order valence-corrected chi connectivity index (χ2v) is 4.53. The fourth-order valence-electron chi connectivity index (χ4n) is 0.855. The van der Waals surface area contributed by atoms with Crippen molar-refractivity contribution in [2.75, 3.05) is 13.2 Å². The number of carbonyl (C=O) groups excluding carboxylic acids is 2. The van der Waals surface area contributed by atoms with Crippen molar-refractivity contribution < 1.29 is 19.4 Å². The van der Waals surface area contributed by atoms with Crippen molar-refractivity contribution in [3.05, 3.63) is 50.6 Å². The van der Waals surface area contributed by atoms with E-state index in [4.69, 9.17) is 21.4 Å². The summed E-state index contributed by atoms with van der Waals surface area (Å²) in [7, 11) is 0. The Morgan fingerprint density at radius 2 is 1.33 bits per heavy atom. The van der Waals surface area contributed by atoms with E-state index in [0.717, 1.165) is 6.42 Å². The minimum Gasteiger partial charge on any atom is -0.465 e. The van der Waals surface area contributed by atoms with Crippen molar-refractivity contribution in [2.24, 2.45) is 0 Å². The first kappa shape index (κ1) is 30.3. The molecular formula is C19H33ClO4. The Bertz CT molecular complexity index is 338. The first-order valence-electron chi connectivity index (χ1n) is 7.38. The van der Waals surface area contributed by atoms with Gasteiger partial charge in [-0.3, -0.25) is 9.59 Å². The Morgan fingerprint density at radius 3 is 1.62 bits per heavy atom. The van der Waals surface area contributed by atoms with E-state index >= 15 is 0 Å². The van der Waals surface area contributed by atoms with Gasteiger partial charge in [0.05, 0.1) is 6.61 Å². The molecule has 0 atom stereocenters. The number of aliphatic hydroxyl groups excluding tert-OH is 1. The molecule has 0 aliphatic carbocycles. The van der Waals surface area contributed by atoms with Gasteiger partial charge < -0.3 is 9.84 Å².